The standard InChI is InChI=1S/C9H13NO2S2/c11-14(12)4-2-9(7-14)10-5-8-1-3-13-6-8/h1,3,6,9-10H,2,4-5,7H2/t9-/m1/s1. The van der Waals surface area contributed by atoms with Gasteiger partial charge in [0.2, 0.25) is 0 Å². The first-order valence-electron chi connectivity index (χ1n) is 4.61. The summed E-state index contributed by atoms with van der Waals surface area (Å²) in [6, 6.07) is 2.21. The maximum absolute atomic E-state index is 11.2. The summed E-state index contributed by atoms with van der Waals surface area (Å²) >= 11 is 1.66. The van der Waals surface area contributed by atoms with Gasteiger partial charge in [-0.3, -0.25) is 0 Å². The van der Waals surface area contributed by atoms with E-state index < -0.39 is 9.84 Å². The highest BCUT2D eigenvalue weighted by molar-refractivity contribution is 7.91. The summed E-state index contributed by atoms with van der Waals surface area (Å²) in [5, 5.41) is 7.38. The first-order valence-corrected chi connectivity index (χ1v) is 7.37. The Morgan fingerprint density at radius 1 is 1.57 bits per heavy atom. The molecule has 0 radical (unpaired) electrons. The van der Waals surface area contributed by atoms with Gasteiger partial charge in [0.25, 0.3) is 0 Å². The molecule has 1 aliphatic rings. The zero-order chi connectivity index (χ0) is 10.0. The van der Waals surface area contributed by atoms with Gasteiger partial charge in [0.1, 0.15) is 0 Å². The minimum absolute atomic E-state index is 0.153. The topological polar surface area (TPSA) is 46.2 Å². The molecule has 3 nitrogen and oxygen atoms in total. The number of hydrogen-bond acceptors (Lipinski definition) is 4. The van der Waals surface area contributed by atoms with E-state index in [1.807, 2.05) is 5.38 Å². The molecule has 0 saturated carbocycles. The predicted octanol–water partition coefficient (Wildman–Crippen LogP) is 1.02. The van der Waals surface area contributed by atoms with E-state index in [-0.39, 0.29) is 6.04 Å². The van der Waals surface area contributed by atoms with E-state index in [0.717, 1.165) is 13.0 Å². The summed E-state index contributed by atoms with van der Waals surface area (Å²) < 4.78 is 22.3. The van der Waals surface area contributed by atoms with Crippen LogP contribution in [0.3, 0.4) is 0 Å². The minimum Gasteiger partial charge on any atom is -0.309 e. The molecule has 1 aliphatic heterocycles. The number of nitrogens with one attached hydrogen (secondary N) is 1. The molecule has 0 amide bonds. The van der Waals surface area contributed by atoms with E-state index in [1.54, 1.807) is 11.3 Å². The van der Waals surface area contributed by atoms with Crippen molar-refractivity contribution in [2.24, 2.45) is 0 Å². The number of thiophene rings is 1. The highest BCUT2D eigenvalue weighted by Crippen LogP contribution is 2.12. The third-order valence-corrected chi connectivity index (χ3v) is 4.91. The molecule has 1 fully saturated rings. The van der Waals surface area contributed by atoms with E-state index in [1.165, 1.54) is 5.56 Å². The molecule has 78 valence electrons. The monoisotopic (exact) mass is 231 g/mol. The van der Waals surface area contributed by atoms with Crippen LogP contribution >= 0.6 is 11.3 Å². The fourth-order valence-corrected chi connectivity index (χ4v) is 3.99. The molecule has 0 unspecified atom stereocenters. The Bertz CT molecular complexity index is 383. The Balaban J connectivity index is 1.83. The van der Waals surface area contributed by atoms with Gasteiger partial charge in [0.05, 0.1) is 11.5 Å². The molecule has 2 heterocycles. The first kappa shape index (κ1) is 10.1. The van der Waals surface area contributed by atoms with Crippen molar-refractivity contribution in [1.82, 2.24) is 5.32 Å². The molecule has 0 aliphatic carbocycles. The molecule has 14 heavy (non-hydrogen) atoms. The molecule has 1 aromatic rings. The maximum Gasteiger partial charge on any atom is 0.151 e. The van der Waals surface area contributed by atoms with Crippen molar-refractivity contribution in [3.05, 3.63) is 22.4 Å². The highest BCUT2D eigenvalue weighted by atomic mass is 32.2. The second kappa shape index (κ2) is 4.00. The molecular formula is C9H13NO2S2. The average Bonchev–Trinajstić information content (AvgIpc) is 2.70. The summed E-state index contributed by atoms with van der Waals surface area (Å²) in [5.74, 6) is 0.644. The van der Waals surface area contributed by atoms with Gasteiger partial charge in [-0.15, -0.1) is 0 Å². The van der Waals surface area contributed by atoms with Crippen LogP contribution in [0.1, 0.15) is 12.0 Å². The molecule has 1 N–H and O–H groups in total. The summed E-state index contributed by atoms with van der Waals surface area (Å²) in [6.07, 6.45) is 0.756. The van der Waals surface area contributed by atoms with E-state index in [0.29, 0.717) is 11.5 Å². The fraction of sp³-hybridized carbons (Fsp3) is 0.556. The van der Waals surface area contributed by atoms with E-state index in [2.05, 4.69) is 16.8 Å². The van der Waals surface area contributed by atoms with Gasteiger partial charge in [-0.25, -0.2) is 8.42 Å². The lowest BCUT2D eigenvalue weighted by molar-refractivity contribution is 0.555. The lowest BCUT2D eigenvalue weighted by Gasteiger charge is -2.08. The molecule has 1 aromatic heterocycles. The van der Waals surface area contributed by atoms with Crippen LogP contribution in [0.15, 0.2) is 16.8 Å². The molecule has 0 spiro atoms. The van der Waals surface area contributed by atoms with Gasteiger partial charge < -0.3 is 5.32 Å². The third-order valence-electron chi connectivity index (χ3n) is 2.41. The van der Waals surface area contributed by atoms with E-state index in [9.17, 15) is 8.42 Å². The number of rotatable bonds is 3. The summed E-state index contributed by atoms with van der Waals surface area (Å²) in [4.78, 5) is 0. The quantitative estimate of drug-likeness (QED) is 0.845. The summed E-state index contributed by atoms with van der Waals surface area (Å²) in [7, 11) is -2.75. The Morgan fingerprint density at radius 3 is 3.00 bits per heavy atom. The van der Waals surface area contributed by atoms with Crippen molar-refractivity contribution in [3.63, 3.8) is 0 Å². The maximum atomic E-state index is 11.2. The zero-order valence-electron chi connectivity index (χ0n) is 7.77. The predicted molar refractivity (Wildman–Crippen MR) is 58.2 cm³/mol. The molecule has 1 saturated heterocycles. The zero-order valence-corrected chi connectivity index (χ0v) is 9.40. The van der Waals surface area contributed by atoms with Gasteiger partial charge in [-0.1, -0.05) is 0 Å². The lowest BCUT2D eigenvalue weighted by atomic mass is 10.2. The Morgan fingerprint density at radius 2 is 2.43 bits per heavy atom. The van der Waals surface area contributed by atoms with Crippen LogP contribution in [0, 0.1) is 0 Å². The number of hydrogen-bond donors (Lipinski definition) is 1. The van der Waals surface area contributed by atoms with Gasteiger partial charge >= 0.3 is 0 Å². The van der Waals surface area contributed by atoms with Crippen molar-refractivity contribution in [2.75, 3.05) is 11.5 Å². The Labute approximate surface area is 88.1 Å². The Kier molecular flexibility index (Phi) is 2.90. The van der Waals surface area contributed by atoms with Crippen LogP contribution in [0.25, 0.3) is 0 Å². The second-order valence-corrected chi connectivity index (χ2v) is 6.62. The molecule has 5 heteroatoms. The van der Waals surface area contributed by atoms with E-state index in [4.69, 9.17) is 0 Å². The fourth-order valence-electron chi connectivity index (χ4n) is 1.61. The minimum atomic E-state index is -2.75. The molecule has 2 rings (SSSR count). The molecule has 1 atom stereocenters. The normalized spacial score (nSPS) is 25.3. The van der Waals surface area contributed by atoms with Crippen molar-refractivity contribution in [2.45, 2.75) is 19.0 Å². The van der Waals surface area contributed by atoms with Crippen LogP contribution < -0.4 is 5.32 Å². The van der Waals surface area contributed by atoms with Crippen molar-refractivity contribution in [1.29, 1.82) is 0 Å². The van der Waals surface area contributed by atoms with Gasteiger partial charge in [0.15, 0.2) is 9.84 Å². The van der Waals surface area contributed by atoms with Gasteiger partial charge in [-0.05, 0) is 28.8 Å². The smallest absolute Gasteiger partial charge is 0.151 e. The SMILES string of the molecule is O=S1(=O)CC[C@@H](NCc2ccsc2)C1. The third kappa shape index (κ3) is 2.56. The van der Waals surface area contributed by atoms with E-state index >= 15 is 0 Å². The molecule has 0 bridgehead atoms. The van der Waals surface area contributed by atoms with Crippen LogP contribution in [-0.2, 0) is 16.4 Å². The Hall–Kier alpha value is -0.390. The summed E-state index contributed by atoms with van der Waals surface area (Å²) in [6.45, 7) is 0.781. The van der Waals surface area contributed by atoms with Gasteiger partial charge in [0, 0.05) is 12.6 Å². The highest BCUT2D eigenvalue weighted by Gasteiger charge is 2.27. The van der Waals surface area contributed by atoms with Crippen molar-refractivity contribution >= 4 is 21.2 Å². The van der Waals surface area contributed by atoms with Crippen LogP contribution in [0.5, 0.6) is 0 Å². The average molecular weight is 231 g/mol. The van der Waals surface area contributed by atoms with Gasteiger partial charge in [-0.2, -0.15) is 11.3 Å². The molecular weight excluding hydrogens is 218 g/mol. The first-order chi connectivity index (χ1) is 6.66. The lowest BCUT2D eigenvalue weighted by Crippen LogP contribution is -2.29. The van der Waals surface area contributed by atoms with Crippen molar-refractivity contribution < 1.29 is 8.42 Å². The van der Waals surface area contributed by atoms with Crippen LogP contribution in [-0.4, -0.2) is 26.0 Å². The second-order valence-electron chi connectivity index (χ2n) is 3.61. The number of sulfone groups is 1. The summed E-state index contributed by atoms with van der Waals surface area (Å²) in [5.41, 5.74) is 1.24. The molecule has 0 aromatic carbocycles. The van der Waals surface area contributed by atoms with Crippen LogP contribution in [0.2, 0.25) is 0 Å². The van der Waals surface area contributed by atoms with Crippen molar-refractivity contribution in [3.8, 4) is 0 Å². The van der Waals surface area contributed by atoms with Crippen LogP contribution in [0.4, 0.5) is 0 Å². The largest absolute Gasteiger partial charge is 0.309 e.